The van der Waals surface area contributed by atoms with E-state index < -0.39 is 16.2 Å². The zero-order valence-electron chi connectivity index (χ0n) is 10.9. The summed E-state index contributed by atoms with van der Waals surface area (Å²) in [6, 6.07) is -0.111. The molecule has 106 valence electrons. The second-order valence-electron chi connectivity index (χ2n) is 5.05. The zero-order chi connectivity index (χ0) is 13.8. The standard InChI is InChI=1S/C11H22N2O4S/c1-9(2)12-18(16,17)13-7-5-10(6-8-13)3-4-11(14)15/h9-10,12H,3-8H2,1-2H3,(H,14,15). The van der Waals surface area contributed by atoms with Crippen LogP contribution in [-0.4, -0.2) is 42.9 Å². The van der Waals surface area contributed by atoms with Crippen LogP contribution >= 0.6 is 0 Å². The summed E-state index contributed by atoms with van der Waals surface area (Å²) in [5, 5.41) is 8.61. The van der Waals surface area contributed by atoms with E-state index in [0.29, 0.717) is 25.4 Å². The highest BCUT2D eigenvalue weighted by Crippen LogP contribution is 2.23. The predicted molar refractivity (Wildman–Crippen MR) is 68.4 cm³/mol. The van der Waals surface area contributed by atoms with Gasteiger partial charge in [-0.25, -0.2) is 0 Å². The SMILES string of the molecule is CC(C)NS(=O)(=O)N1CCC(CCC(=O)O)CC1. The van der Waals surface area contributed by atoms with Crippen LogP contribution in [0.4, 0.5) is 0 Å². The van der Waals surface area contributed by atoms with Gasteiger partial charge in [-0.05, 0) is 39.0 Å². The number of hydrogen-bond donors (Lipinski definition) is 2. The summed E-state index contributed by atoms with van der Waals surface area (Å²) in [6.45, 7) is 4.53. The highest BCUT2D eigenvalue weighted by molar-refractivity contribution is 7.87. The maximum atomic E-state index is 11.9. The van der Waals surface area contributed by atoms with Gasteiger partial charge in [0.1, 0.15) is 0 Å². The Hall–Kier alpha value is -0.660. The third-order valence-corrected chi connectivity index (χ3v) is 4.88. The van der Waals surface area contributed by atoms with Crippen molar-refractivity contribution in [3.8, 4) is 0 Å². The minimum absolute atomic E-state index is 0.111. The van der Waals surface area contributed by atoms with Crippen LogP contribution < -0.4 is 4.72 Å². The lowest BCUT2D eigenvalue weighted by molar-refractivity contribution is -0.137. The molecule has 1 aliphatic rings. The third-order valence-electron chi connectivity index (χ3n) is 3.06. The molecule has 0 aromatic carbocycles. The van der Waals surface area contributed by atoms with E-state index in [4.69, 9.17) is 5.11 Å². The summed E-state index contributed by atoms with van der Waals surface area (Å²) in [6.07, 6.45) is 2.29. The highest BCUT2D eigenvalue weighted by atomic mass is 32.2. The molecule has 1 fully saturated rings. The Morgan fingerprint density at radius 3 is 2.39 bits per heavy atom. The largest absolute Gasteiger partial charge is 0.481 e. The fourth-order valence-electron chi connectivity index (χ4n) is 2.14. The van der Waals surface area contributed by atoms with E-state index in [1.165, 1.54) is 4.31 Å². The lowest BCUT2D eigenvalue weighted by atomic mass is 9.93. The van der Waals surface area contributed by atoms with Gasteiger partial charge in [0.2, 0.25) is 0 Å². The van der Waals surface area contributed by atoms with Gasteiger partial charge in [0.25, 0.3) is 10.2 Å². The second-order valence-corrected chi connectivity index (χ2v) is 6.75. The molecule has 1 saturated heterocycles. The van der Waals surface area contributed by atoms with Gasteiger partial charge in [-0.1, -0.05) is 0 Å². The first-order valence-corrected chi connectivity index (χ1v) is 7.74. The van der Waals surface area contributed by atoms with E-state index in [9.17, 15) is 13.2 Å². The number of nitrogens with one attached hydrogen (secondary N) is 1. The molecule has 18 heavy (non-hydrogen) atoms. The molecule has 6 nitrogen and oxygen atoms in total. The first-order chi connectivity index (χ1) is 8.31. The fourth-order valence-corrected chi connectivity index (χ4v) is 3.57. The molecule has 0 aromatic heterocycles. The Balaban J connectivity index is 2.41. The number of carboxylic acids is 1. The molecule has 1 heterocycles. The van der Waals surface area contributed by atoms with E-state index >= 15 is 0 Å². The van der Waals surface area contributed by atoms with Gasteiger partial charge < -0.3 is 5.11 Å². The first kappa shape index (κ1) is 15.4. The Morgan fingerprint density at radius 2 is 1.94 bits per heavy atom. The third kappa shape index (κ3) is 4.91. The second kappa shape index (κ2) is 6.49. The summed E-state index contributed by atoms with van der Waals surface area (Å²) < 4.78 is 27.8. The smallest absolute Gasteiger partial charge is 0.303 e. The maximum absolute atomic E-state index is 11.9. The van der Waals surface area contributed by atoms with Crippen molar-refractivity contribution in [2.24, 2.45) is 5.92 Å². The number of carboxylic acid groups (broad SMARTS) is 1. The minimum atomic E-state index is -3.37. The molecule has 0 radical (unpaired) electrons. The molecular weight excluding hydrogens is 256 g/mol. The molecule has 2 N–H and O–H groups in total. The van der Waals surface area contributed by atoms with Crippen LogP contribution in [0, 0.1) is 5.92 Å². The summed E-state index contributed by atoms with van der Waals surface area (Å²) >= 11 is 0. The number of piperidine rings is 1. The number of nitrogens with zero attached hydrogens (tertiary/aromatic N) is 1. The van der Waals surface area contributed by atoms with Crippen molar-refractivity contribution in [2.75, 3.05) is 13.1 Å². The maximum Gasteiger partial charge on any atom is 0.303 e. The van der Waals surface area contributed by atoms with Crippen LogP contribution in [0.2, 0.25) is 0 Å². The normalized spacial score (nSPS) is 19.3. The highest BCUT2D eigenvalue weighted by Gasteiger charge is 2.28. The van der Waals surface area contributed by atoms with Crippen molar-refractivity contribution in [1.29, 1.82) is 0 Å². The van der Waals surface area contributed by atoms with Crippen molar-refractivity contribution in [3.63, 3.8) is 0 Å². The van der Waals surface area contributed by atoms with Gasteiger partial charge >= 0.3 is 5.97 Å². The van der Waals surface area contributed by atoms with E-state index in [0.717, 1.165) is 12.8 Å². The lowest BCUT2D eigenvalue weighted by Gasteiger charge is -2.31. The van der Waals surface area contributed by atoms with E-state index in [1.54, 1.807) is 13.8 Å². The molecule has 0 unspecified atom stereocenters. The molecular formula is C11H22N2O4S. The van der Waals surface area contributed by atoms with Crippen LogP contribution in [0.1, 0.15) is 39.5 Å². The van der Waals surface area contributed by atoms with Gasteiger partial charge in [0.15, 0.2) is 0 Å². The molecule has 0 amide bonds. The van der Waals surface area contributed by atoms with Crippen molar-refractivity contribution in [1.82, 2.24) is 9.03 Å². The van der Waals surface area contributed by atoms with Gasteiger partial charge in [0.05, 0.1) is 0 Å². The topological polar surface area (TPSA) is 86.7 Å². The Kier molecular flexibility index (Phi) is 5.55. The molecule has 0 aromatic rings. The zero-order valence-corrected chi connectivity index (χ0v) is 11.7. The molecule has 0 bridgehead atoms. The van der Waals surface area contributed by atoms with Crippen LogP contribution in [0.3, 0.4) is 0 Å². The minimum Gasteiger partial charge on any atom is -0.481 e. The summed E-state index contributed by atoms with van der Waals surface area (Å²) in [7, 11) is -3.37. The molecule has 0 saturated carbocycles. The van der Waals surface area contributed by atoms with Gasteiger partial charge in [-0.15, -0.1) is 0 Å². The van der Waals surface area contributed by atoms with Gasteiger partial charge in [-0.2, -0.15) is 17.4 Å². The van der Waals surface area contributed by atoms with E-state index in [2.05, 4.69) is 4.72 Å². The molecule has 0 aliphatic carbocycles. The van der Waals surface area contributed by atoms with Crippen LogP contribution in [0.5, 0.6) is 0 Å². The van der Waals surface area contributed by atoms with Crippen LogP contribution in [-0.2, 0) is 15.0 Å². The van der Waals surface area contributed by atoms with Crippen LogP contribution in [0.15, 0.2) is 0 Å². The van der Waals surface area contributed by atoms with Crippen molar-refractivity contribution < 1.29 is 18.3 Å². The number of hydrogen-bond acceptors (Lipinski definition) is 3. The molecule has 1 rings (SSSR count). The number of rotatable bonds is 6. The fraction of sp³-hybridized carbons (Fsp3) is 0.909. The predicted octanol–water partition coefficient (Wildman–Crippen LogP) is 0.806. The Labute approximate surface area is 109 Å². The van der Waals surface area contributed by atoms with Crippen molar-refractivity contribution in [3.05, 3.63) is 0 Å². The summed E-state index contributed by atoms with van der Waals surface area (Å²) in [5.74, 6) is -0.460. The quantitative estimate of drug-likeness (QED) is 0.752. The molecule has 7 heteroatoms. The van der Waals surface area contributed by atoms with Crippen LogP contribution in [0.25, 0.3) is 0 Å². The monoisotopic (exact) mass is 278 g/mol. The van der Waals surface area contributed by atoms with E-state index in [-0.39, 0.29) is 12.5 Å². The Morgan fingerprint density at radius 1 is 1.39 bits per heavy atom. The van der Waals surface area contributed by atoms with E-state index in [1.807, 2.05) is 0 Å². The summed E-state index contributed by atoms with van der Waals surface area (Å²) in [4.78, 5) is 10.5. The molecule has 0 spiro atoms. The number of carbonyl (C=O) groups is 1. The average molecular weight is 278 g/mol. The Bertz CT molecular complexity index is 373. The lowest BCUT2D eigenvalue weighted by Crippen LogP contribution is -2.47. The van der Waals surface area contributed by atoms with Gasteiger partial charge in [0, 0.05) is 25.6 Å². The van der Waals surface area contributed by atoms with Gasteiger partial charge in [-0.3, -0.25) is 4.79 Å². The van der Waals surface area contributed by atoms with Crippen molar-refractivity contribution in [2.45, 2.75) is 45.6 Å². The molecule has 0 atom stereocenters. The summed E-state index contributed by atoms with van der Waals surface area (Å²) in [5.41, 5.74) is 0. The number of aliphatic carboxylic acids is 1. The molecule has 1 aliphatic heterocycles. The first-order valence-electron chi connectivity index (χ1n) is 6.30. The average Bonchev–Trinajstić information content (AvgIpc) is 2.25. The van der Waals surface area contributed by atoms with Crippen molar-refractivity contribution >= 4 is 16.2 Å².